The standard InChI is InChI=1S/C13H15F2NO/c1-9(2)8-16-13(17)6-4-10-3-5-11(14)12(15)7-10/h3,5,7H,1,4,6,8H2,2H3,(H,16,17). The zero-order valence-corrected chi connectivity index (χ0v) is 9.72. The fraction of sp³-hybridized carbons (Fsp3) is 0.308. The van der Waals surface area contributed by atoms with Crippen LogP contribution < -0.4 is 5.32 Å². The van der Waals surface area contributed by atoms with Crippen molar-refractivity contribution in [3.05, 3.63) is 47.5 Å². The van der Waals surface area contributed by atoms with Gasteiger partial charge in [-0.3, -0.25) is 4.79 Å². The van der Waals surface area contributed by atoms with E-state index in [1.165, 1.54) is 6.07 Å². The third-order valence-corrected chi connectivity index (χ3v) is 2.21. The lowest BCUT2D eigenvalue weighted by atomic mass is 10.1. The van der Waals surface area contributed by atoms with Crippen LogP contribution >= 0.6 is 0 Å². The fourth-order valence-electron chi connectivity index (χ4n) is 1.29. The molecule has 0 unspecified atom stereocenters. The molecule has 4 heteroatoms. The number of carbonyl (C=O) groups is 1. The summed E-state index contributed by atoms with van der Waals surface area (Å²) in [6, 6.07) is 3.66. The van der Waals surface area contributed by atoms with Crippen LogP contribution in [-0.4, -0.2) is 12.5 Å². The monoisotopic (exact) mass is 239 g/mol. The van der Waals surface area contributed by atoms with Crippen molar-refractivity contribution in [2.45, 2.75) is 19.8 Å². The quantitative estimate of drug-likeness (QED) is 0.786. The Morgan fingerprint density at radius 3 is 2.65 bits per heavy atom. The fourth-order valence-corrected chi connectivity index (χ4v) is 1.29. The summed E-state index contributed by atoms with van der Waals surface area (Å²) in [6.45, 7) is 5.92. The van der Waals surface area contributed by atoms with Gasteiger partial charge in [-0.1, -0.05) is 18.2 Å². The largest absolute Gasteiger partial charge is 0.352 e. The van der Waals surface area contributed by atoms with Crippen molar-refractivity contribution in [1.82, 2.24) is 5.32 Å². The highest BCUT2D eigenvalue weighted by molar-refractivity contribution is 5.76. The van der Waals surface area contributed by atoms with Gasteiger partial charge in [-0.05, 0) is 31.0 Å². The molecule has 0 atom stereocenters. The molecule has 0 aliphatic heterocycles. The van der Waals surface area contributed by atoms with Gasteiger partial charge in [-0.15, -0.1) is 0 Å². The normalized spacial score (nSPS) is 10.1. The number of benzene rings is 1. The maximum atomic E-state index is 12.9. The first-order chi connectivity index (χ1) is 7.99. The number of hydrogen-bond donors (Lipinski definition) is 1. The van der Waals surface area contributed by atoms with Gasteiger partial charge in [0.05, 0.1) is 0 Å². The van der Waals surface area contributed by atoms with E-state index in [-0.39, 0.29) is 12.3 Å². The molecule has 1 amide bonds. The average Bonchev–Trinajstić information content (AvgIpc) is 2.28. The number of hydrogen-bond acceptors (Lipinski definition) is 1. The molecule has 17 heavy (non-hydrogen) atoms. The van der Waals surface area contributed by atoms with E-state index >= 15 is 0 Å². The third kappa shape index (κ3) is 4.76. The summed E-state index contributed by atoms with van der Waals surface area (Å²) < 4.78 is 25.5. The zero-order valence-electron chi connectivity index (χ0n) is 9.72. The first-order valence-corrected chi connectivity index (χ1v) is 5.34. The molecule has 0 heterocycles. The molecular formula is C13H15F2NO. The Kier molecular flexibility index (Phi) is 4.82. The summed E-state index contributed by atoms with van der Waals surface area (Å²) in [5.74, 6) is -1.89. The highest BCUT2D eigenvalue weighted by atomic mass is 19.2. The number of halogens is 2. The first kappa shape index (κ1) is 13.4. The van der Waals surface area contributed by atoms with Gasteiger partial charge in [0, 0.05) is 13.0 Å². The van der Waals surface area contributed by atoms with Crippen molar-refractivity contribution in [1.29, 1.82) is 0 Å². The Bertz CT molecular complexity index is 429. The van der Waals surface area contributed by atoms with E-state index in [9.17, 15) is 13.6 Å². The summed E-state index contributed by atoms with van der Waals surface area (Å²) in [7, 11) is 0. The van der Waals surface area contributed by atoms with E-state index in [1.807, 2.05) is 6.92 Å². The molecule has 1 N–H and O–H groups in total. The maximum Gasteiger partial charge on any atom is 0.220 e. The van der Waals surface area contributed by atoms with Crippen LogP contribution in [-0.2, 0) is 11.2 Å². The van der Waals surface area contributed by atoms with E-state index in [4.69, 9.17) is 0 Å². The molecule has 1 aromatic rings. The van der Waals surface area contributed by atoms with Crippen LogP contribution in [0.2, 0.25) is 0 Å². The number of rotatable bonds is 5. The summed E-state index contributed by atoms with van der Waals surface area (Å²) in [5, 5.41) is 2.67. The van der Waals surface area contributed by atoms with Gasteiger partial charge in [0.2, 0.25) is 5.91 Å². The van der Waals surface area contributed by atoms with Crippen LogP contribution in [0.25, 0.3) is 0 Å². The predicted octanol–water partition coefficient (Wildman–Crippen LogP) is 2.59. The summed E-state index contributed by atoms with van der Waals surface area (Å²) in [5.41, 5.74) is 1.47. The molecule has 0 bridgehead atoms. The minimum atomic E-state index is -0.884. The second-order valence-electron chi connectivity index (χ2n) is 3.98. The van der Waals surface area contributed by atoms with Crippen molar-refractivity contribution in [2.24, 2.45) is 0 Å². The van der Waals surface area contributed by atoms with E-state index in [0.717, 1.165) is 17.7 Å². The van der Waals surface area contributed by atoms with Gasteiger partial charge in [0.25, 0.3) is 0 Å². The second-order valence-corrected chi connectivity index (χ2v) is 3.98. The molecule has 0 spiro atoms. The SMILES string of the molecule is C=C(C)CNC(=O)CCc1ccc(F)c(F)c1. The topological polar surface area (TPSA) is 29.1 Å². The number of aryl methyl sites for hydroxylation is 1. The molecule has 2 nitrogen and oxygen atoms in total. The van der Waals surface area contributed by atoms with Crippen molar-refractivity contribution in [2.75, 3.05) is 6.54 Å². The van der Waals surface area contributed by atoms with Gasteiger partial charge in [0.1, 0.15) is 0 Å². The molecule has 0 fully saturated rings. The van der Waals surface area contributed by atoms with Crippen molar-refractivity contribution in [3.63, 3.8) is 0 Å². The summed E-state index contributed by atoms with van der Waals surface area (Å²) in [4.78, 5) is 11.4. The molecule has 0 saturated carbocycles. The number of carbonyl (C=O) groups excluding carboxylic acids is 1. The molecule has 1 rings (SSSR count). The molecule has 0 radical (unpaired) electrons. The van der Waals surface area contributed by atoms with Crippen LogP contribution in [0, 0.1) is 11.6 Å². The highest BCUT2D eigenvalue weighted by Crippen LogP contribution is 2.10. The van der Waals surface area contributed by atoms with E-state index in [1.54, 1.807) is 0 Å². The number of amides is 1. The van der Waals surface area contributed by atoms with Gasteiger partial charge < -0.3 is 5.32 Å². The van der Waals surface area contributed by atoms with E-state index < -0.39 is 11.6 Å². The molecule has 1 aromatic carbocycles. The molecule has 0 saturated heterocycles. The lowest BCUT2D eigenvalue weighted by molar-refractivity contribution is -0.120. The lowest BCUT2D eigenvalue weighted by Crippen LogP contribution is -2.24. The van der Waals surface area contributed by atoms with Crippen LogP contribution in [0.15, 0.2) is 30.4 Å². The summed E-state index contributed by atoms with van der Waals surface area (Å²) in [6.07, 6.45) is 0.636. The molecule has 0 aromatic heterocycles. The smallest absolute Gasteiger partial charge is 0.220 e. The van der Waals surface area contributed by atoms with Crippen molar-refractivity contribution >= 4 is 5.91 Å². The first-order valence-electron chi connectivity index (χ1n) is 5.34. The van der Waals surface area contributed by atoms with Crippen LogP contribution in [0.3, 0.4) is 0 Å². The molecule has 92 valence electrons. The van der Waals surface area contributed by atoms with Crippen LogP contribution in [0.1, 0.15) is 18.9 Å². The van der Waals surface area contributed by atoms with Crippen LogP contribution in [0.5, 0.6) is 0 Å². The summed E-state index contributed by atoms with van der Waals surface area (Å²) >= 11 is 0. The predicted molar refractivity (Wildman–Crippen MR) is 62.5 cm³/mol. The Morgan fingerprint density at radius 1 is 1.35 bits per heavy atom. The molecule has 0 aliphatic carbocycles. The molecular weight excluding hydrogens is 224 g/mol. The third-order valence-electron chi connectivity index (χ3n) is 2.21. The van der Waals surface area contributed by atoms with E-state index in [0.29, 0.717) is 18.5 Å². The van der Waals surface area contributed by atoms with Gasteiger partial charge in [-0.2, -0.15) is 0 Å². The average molecular weight is 239 g/mol. The Hall–Kier alpha value is -1.71. The Morgan fingerprint density at radius 2 is 2.06 bits per heavy atom. The van der Waals surface area contributed by atoms with Crippen LogP contribution in [0.4, 0.5) is 8.78 Å². The second kappa shape index (κ2) is 6.13. The van der Waals surface area contributed by atoms with Gasteiger partial charge in [0.15, 0.2) is 11.6 Å². The zero-order chi connectivity index (χ0) is 12.8. The Labute approximate surface area is 99.3 Å². The van der Waals surface area contributed by atoms with Gasteiger partial charge >= 0.3 is 0 Å². The van der Waals surface area contributed by atoms with Gasteiger partial charge in [-0.25, -0.2) is 8.78 Å². The highest BCUT2D eigenvalue weighted by Gasteiger charge is 2.05. The lowest BCUT2D eigenvalue weighted by Gasteiger charge is -2.05. The Balaban J connectivity index is 2.42. The maximum absolute atomic E-state index is 12.9. The molecule has 0 aliphatic rings. The number of nitrogens with one attached hydrogen (secondary N) is 1. The minimum Gasteiger partial charge on any atom is -0.352 e. The minimum absolute atomic E-state index is 0.127. The van der Waals surface area contributed by atoms with Crippen molar-refractivity contribution < 1.29 is 13.6 Å². The van der Waals surface area contributed by atoms with Crippen molar-refractivity contribution in [3.8, 4) is 0 Å². The van der Waals surface area contributed by atoms with E-state index in [2.05, 4.69) is 11.9 Å².